The van der Waals surface area contributed by atoms with Crippen LogP contribution in [0.2, 0.25) is 0 Å². The molecular weight excluding hydrogens is 334 g/mol. The van der Waals surface area contributed by atoms with Gasteiger partial charge in [-0.2, -0.15) is 0 Å². The van der Waals surface area contributed by atoms with Crippen molar-refractivity contribution in [2.75, 3.05) is 57.1 Å². The zero-order valence-corrected chi connectivity index (χ0v) is 14.8. The van der Waals surface area contributed by atoms with Gasteiger partial charge < -0.3 is 20.1 Å². The molecule has 3 rings (SSSR count). The average Bonchev–Trinajstić information content (AvgIpc) is 2.70. The molecule has 26 heavy (non-hydrogen) atoms. The summed E-state index contributed by atoms with van der Waals surface area (Å²) in [5.74, 6) is 0.824. The molecule has 1 fully saturated rings. The van der Waals surface area contributed by atoms with Gasteiger partial charge in [0.25, 0.3) is 5.91 Å². The fourth-order valence-corrected chi connectivity index (χ4v) is 2.63. The lowest BCUT2D eigenvalue weighted by molar-refractivity contribution is 0.0398. The minimum Gasteiger partial charge on any atom is -0.495 e. The number of hydrogen-bond donors (Lipinski definition) is 2. The lowest BCUT2D eigenvalue weighted by atomic mass is 10.2. The van der Waals surface area contributed by atoms with Crippen LogP contribution >= 0.6 is 0 Å². The first-order chi connectivity index (χ1) is 12.8. The standard InChI is InChI=1S/C18H23N5O3/c1-25-16-5-3-2-4-15(16)22-17(24)14-12-20-18(21-13-14)19-6-7-23-8-10-26-11-9-23/h2-5,12-13H,6-11H2,1H3,(H,22,24)(H,19,20,21). The Hall–Kier alpha value is -2.71. The molecular formula is C18H23N5O3. The molecule has 8 nitrogen and oxygen atoms in total. The number of carbonyl (C=O) groups is 1. The van der Waals surface area contributed by atoms with Crippen molar-refractivity contribution < 1.29 is 14.3 Å². The third kappa shape index (κ3) is 4.90. The monoisotopic (exact) mass is 357 g/mol. The number of amides is 1. The smallest absolute Gasteiger partial charge is 0.258 e. The molecule has 1 amide bonds. The molecule has 2 N–H and O–H groups in total. The largest absolute Gasteiger partial charge is 0.495 e. The van der Waals surface area contributed by atoms with Gasteiger partial charge in [-0.1, -0.05) is 12.1 Å². The Morgan fingerprint density at radius 3 is 2.69 bits per heavy atom. The maximum atomic E-state index is 12.3. The number of carbonyl (C=O) groups excluding carboxylic acids is 1. The second-order valence-electron chi connectivity index (χ2n) is 5.83. The molecule has 0 aliphatic carbocycles. The minimum atomic E-state index is -0.283. The van der Waals surface area contributed by atoms with Gasteiger partial charge in [-0.05, 0) is 12.1 Å². The zero-order chi connectivity index (χ0) is 18.2. The van der Waals surface area contributed by atoms with E-state index in [4.69, 9.17) is 9.47 Å². The molecule has 1 aromatic heterocycles. The molecule has 0 spiro atoms. The van der Waals surface area contributed by atoms with Gasteiger partial charge in [-0.15, -0.1) is 0 Å². The molecule has 0 atom stereocenters. The summed E-state index contributed by atoms with van der Waals surface area (Å²) in [6, 6.07) is 7.23. The van der Waals surface area contributed by atoms with Crippen LogP contribution in [0.25, 0.3) is 0 Å². The number of aromatic nitrogens is 2. The Morgan fingerprint density at radius 2 is 1.96 bits per heavy atom. The first-order valence-corrected chi connectivity index (χ1v) is 8.56. The number of anilines is 2. The van der Waals surface area contributed by atoms with Crippen molar-refractivity contribution >= 4 is 17.5 Å². The molecule has 0 bridgehead atoms. The summed E-state index contributed by atoms with van der Waals surface area (Å²) in [7, 11) is 1.56. The van der Waals surface area contributed by atoms with E-state index < -0.39 is 0 Å². The summed E-state index contributed by atoms with van der Waals surface area (Å²) < 4.78 is 10.6. The molecule has 0 radical (unpaired) electrons. The van der Waals surface area contributed by atoms with Gasteiger partial charge in [0.1, 0.15) is 5.75 Å². The van der Waals surface area contributed by atoms with E-state index >= 15 is 0 Å². The van der Waals surface area contributed by atoms with Gasteiger partial charge in [0.05, 0.1) is 31.6 Å². The number of morpholine rings is 1. The summed E-state index contributed by atoms with van der Waals surface area (Å²) in [6.07, 6.45) is 3.02. The molecule has 0 unspecified atom stereocenters. The third-order valence-electron chi connectivity index (χ3n) is 4.08. The molecule has 1 aliphatic rings. The molecule has 138 valence electrons. The molecule has 8 heteroatoms. The van der Waals surface area contributed by atoms with Crippen molar-refractivity contribution in [3.63, 3.8) is 0 Å². The fraction of sp³-hybridized carbons (Fsp3) is 0.389. The van der Waals surface area contributed by atoms with Crippen LogP contribution in [0.1, 0.15) is 10.4 Å². The van der Waals surface area contributed by atoms with E-state index in [1.165, 1.54) is 12.4 Å². The Bertz CT molecular complexity index is 717. The lowest BCUT2D eigenvalue weighted by Crippen LogP contribution is -2.39. The third-order valence-corrected chi connectivity index (χ3v) is 4.08. The number of ether oxygens (including phenoxy) is 2. The highest BCUT2D eigenvalue weighted by molar-refractivity contribution is 6.04. The van der Waals surface area contributed by atoms with Crippen molar-refractivity contribution in [1.82, 2.24) is 14.9 Å². The molecule has 2 heterocycles. The van der Waals surface area contributed by atoms with Crippen LogP contribution < -0.4 is 15.4 Å². The second-order valence-corrected chi connectivity index (χ2v) is 5.83. The maximum absolute atomic E-state index is 12.3. The Balaban J connectivity index is 1.51. The quantitative estimate of drug-likeness (QED) is 0.776. The number of methoxy groups -OCH3 is 1. The number of para-hydroxylation sites is 2. The number of benzene rings is 1. The topological polar surface area (TPSA) is 88.6 Å². The number of nitrogens with one attached hydrogen (secondary N) is 2. The highest BCUT2D eigenvalue weighted by atomic mass is 16.5. The Morgan fingerprint density at radius 1 is 1.23 bits per heavy atom. The van der Waals surface area contributed by atoms with Crippen LogP contribution in [-0.2, 0) is 4.74 Å². The van der Waals surface area contributed by atoms with E-state index in [0.717, 1.165) is 39.4 Å². The second kappa shape index (κ2) is 9.12. The van der Waals surface area contributed by atoms with Crippen LogP contribution in [0.5, 0.6) is 5.75 Å². The van der Waals surface area contributed by atoms with Gasteiger partial charge in [0.2, 0.25) is 5.95 Å². The highest BCUT2D eigenvalue weighted by Gasteiger charge is 2.11. The van der Waals surface area contributed by atoms with Crippen LogP contribution in [0, 0.1) is 0 Å². The van der Waals surface area contributed by atoms with E-state index in [0.29, 0.717) is 22.9 Å². The van der Waals surface area contributed by atoms with Crippen LogP contribution in [0.4, 0.5) is 11.6 Å². The predicted octanol–water partition coefficient (Wildman–Crippen LogP) is 1.48. The maximum Gasteiger partial charge on any atom is 0.258 e. The van der Waals surface area contributed by atoms with Crippen molar-refractivity contribution in [3.05, 3.63) is 42.2 Å². The van der Waals surface area contributed by atoms with Crippen LogP contribution in [-0.4, -0.2) is 67.3 Å². The van der Waals surface area contributed by atoms with E-state index in [9.17, 15) is 4.79 Å². The van der Waals surface area contributed by atoms with Crippen molar-refractivity contribution in [3.8, 4) is 5.75 Å². The average molecular weight is 357 g/mol. The van der Waals surface area contributed by atoms with Gasteiger partial charge >= 0.3 is 0 Å². The van der Waals surface area contributed by atoms with Crippen molar-refractivity contribution in [2.45, 2.75) is 0 Å². The van der Waals surface area contributed by atoms with Gasteiger partial charge in [0.15, 0.2) is 0 Å². The van der Waals surface area contributed by atoms with Crippen molar-refractivity contribution in [2.24, 2.45) is 0 Å². The summed E-state index contributed by atoms with van der Waals surface area (Å²) >= 11 is 0. The molecule has 1 saturated heterocycles. The van der Waals surface area contributed by atoms with Crippen molar-refractivity contribution in [1.29, 1.82) is 0 Å². The number of hydrogen-bond acceptors (Lipinski definition) is 7. The van der Waals surface area contributed by atoms with Gasteiger partial charge in [-0.25, -0.2) is 9.97 Å². The first-order valence-electron chi connectivity index (χ1n) is 8.56. The summed E-state index contributed by atoms with van der Waals surface area (Å²) in [4.78, 5) is 23.1. The van der Waals surface area contributed by atoms with E-state index in [-0.39, 0.29) is 5.91 Å². The van der Waals surface area contributed by atoms with E-state index in [1.54, 1.807) is 19.2 Å². The molecule has 2 aromatic rings. The lowest BCUT2D eigenvalue weighted by Gasteiger charge is -2.26. The highest BCUT2D eigenvalue weighted by Crippen LogP contribution is 2.23. The minimum absolute atomic E-state index is 0.283. The molecule has 1 aliphatic heterocycles. The SMILES string of the molecule is COc1ccccc1NC(=O)c1cnc(NCCN2CCOCC2)nc1. The number of rotatable bonds is 7. The van der Waals surface area contributed by atoms with Crippen LogP contribution in [0.15, 0.2) is 36.7 Å². The number of nitrogens with zero attached hydrogens (tertiary/aromatic N) is 3. The molecule has 1 aromatic carbocycles. The van der Waals surface area contributed by atoms with Crippen LogP contribution in [0.3, 0.4) is 0 Å². The zero-order valence-electron chi connectivity index (χ0n) is 14.8. The fourth-order valence-electron chi connectivity index (χ4n) is 2.63. The normalized spacial score (nSPS) is 14.7. The summed E-state index contributed by atoms with van der Waals surface area (Å²) in [5, 5.41) is 5.97. The van der Waals surface area contributed by atoms with E-state index in [2.05, 4.69) is 25.5 Å². The predicted molar refractivity (Wildman–Crippen MR) is 98.7 cm³/mol. The van der Waals surface area contributed by atoms with E-state index in [1.807, 2.05) is 12.1 Å². The summed E-state index contributed by atoms with van der Waals surface area (Å²) in [6.45, 7) is 5.11. The Kier molecular flexibility index (Phi) is 6.34. The Labute approximate surface area is 152 Å². The molecule has 0 saturated carbocycles. The van der Waals surface area contributed by atoms with Gasteiger partial charge in [-0.3, -0.25) is 9.69 Å². The first kappa shape index (κ1) is 18.1. The summed E-state index contributed by atoms with van der Waals surface area (Å²) in [5.41, 5.74) is 0.988. The van der Waals surface area contributed by atoms with Gasteiger partial charge in [0, 0.05) is 38.6 Å².